The van der Waals surface area contributed by atoms with Gasteiger partial charge in [0.05, 0.1) is 11.5 Å². The molecule has 1 aromatic rings. The van der Waals surface area contributed by atoms with E-state index < -0.39 is 5.97 Å². The van der Waals surface area contributed by atoms with Gasteiger partial charge in [-0.05, 0) is 17.4 Å². The maximum Gasteiger partial charge on any atom is 0.306 e. The standard InChI is InChI=1S/C14H17N3O3S/c1-9(14(19)20)11-7-17(8-11)4-2-12(18)16-13-10(6-15)3-5-21-13/h3,5,9,11H,2,4,7-8H2,1H3,(H,16,18)(H,19,20). The lowest BCUT2D eigenvalue weighted by Crippen LogP contribution is -2.51. The first-order valence-electron chi connectivity index (χ1n) is 6.74. The molecule has 2 N–H and O–H groups in total. The van der Waals surface area contributed by atoms with Gasteiger partial charge >= 0.3 is 5.97 Å². The van der Waals surface area contributed by atoms with Crippen molar-refractivity contribution in [2.24, 2.45) is 11.8 Å². The number of hydrogen-bond donors (Lipinski definition) is 2. The van der Waals surface area contributed by atoms with Crippen LogP contribution in [0.25, 0.3) is 0 Å². The van der Waals surface area contributed by atoms with Crippen LogP contribution in [0.1, 0.15) is 18.9 Å². The molecule has 0 spiro atoms. The van der Waals surface area contributed by atoms with Gasteiger partial charge < -0.3 is 15.3 Å². The van der Waals surface area contributed by atoms with Crippen molar-refractivity contribution in [3.8, 4) is 6.07 Å². The Morgan fingerprint density at radius 3 is 2.95 bits per heavy atom. The zero-order chi connectivity index (χ0) is 15.4. The monoisotopic (exact) mass is 307 g/mol. The maximum absolute atomic E-state index is 11.8. The van der Waals surface area contributed by atoms with Gasteiger partial charge in [0.1, 0.15) is 11.1 Å². The molecule has 0 aliphatic carbocycles. The van der Waals surface area contributed by atoms with E-state index in [2.05, 4.69) is 10.2 Å². The highest BCUT2D eigenvalue weighted by Crippen LogP contribution is 2.25. The molecule has 0 radical (unpaired) electrons. The predicted octanol–water partition coefficient (Wildman–Crippen LogP) is 1.60. The predicted molar refractivity (Wildman–Crippen MR) is 79.0 cm³/mol. The molecule has 1 atom stereocenters. The number of nitriles is 1. The molecule has 0 bridgehead atoms. The number of amides is 1. The third kappa shape index (κ3) is 3.80. The van der Waals surface area contributed by atoms with Crippen LogP contribution >= 0.6 is 11.3 Å². The molecule has 1 amide bonds. The number of likely N-dealkylation sites (tertiary alicyclic amines) is 1. The lowest BCUT2D eigenvalue weighted by atomic mass is 9.87. The number of nitrogens with zero attached hydrogens (tertiary/aromatic N) is 2. The second-order valence-corrected chi connectivity index (χ2v) is 6.14. The summed E-state index contributed by atoms with van der Waals surface area (Å²) in [5.41, 5.74) is 0.479. The van der Waals surface area contributed by atoms with Gasteiger partial charge in [-0.3, -0.25) is 9.59 Å². The zero-order valence-electron chi connectivity index (χ0n) is 11.7. The topological polar surface area (TPSA) is 93.4 Å². The Kier molecular flexibility index (Phi) is 4.94. The molecular weight excluding hydrogens is 290 g/mol. The van der Waals surface area contributed by atoms with Crippen molar-refractivity contribution < 1.29 is 14.7 Å². The minimum Gasteiger partial charge on any atom is -0.481 e. The number of aliphatic carboxylic acids is 1. The molecular formula is C14H17N3O3S. The molecule has 2 heterocycles. The van der Waals surface area contributed by atoms with Gasteiger partial charge in [0.2, 0.25) is 5.91 Å². The first kappa shape index (κ1) is 15.5. The molecule has 0 aromatic carbocycles. The molecule has 21 heavy (non-hydrogen) atoms. The summed E-state index contributed by atoms with van der Waals surface area (Å²) in [6.07, 6.45) is 0.344. The SMILES string of the molecule is CC(C(=O)O)C1CN(CCC(=O)Nc2sccc2C#N)C1. The van der Waals surface area contributed by atoms with E-state index in [1.807, 2.05) is 6.07 Å². The Hall–Kier alpha value is -1.91. The van der Waals surface area contributed by atoms with Crippen molar-refractivity contribution in [2.75, 3.05) is 25.0 Å². The van der Waals surface area contributed by atoms with Crippen LogP contribution in [0.3, 0.4) is 0 Å². The minimum atomic E-state index is -0.765. The van der Waals surface area contributed by atoms with Crippen LogP contribution in [0, 0.1) is 23.2 Å². The van der Waals surface area contributed by atoms with E-state index in [9.17, 15) is 9.59 Å². The van der Waals surface area contributed by atoms with Gasteiger partial charge in [-0.2, -0.15) is 5.26 Å². The lowest BCUT2D eigenvalue weighted by molar-refractivity contribution is -0.145. The van der Waals surface area contributed by atoms with Gasteiger partial charge in [0, 0.05) is 26.1 Å². The fourth-order valence-electron chi connectivity index (χ4n) is 2.25. The molecule has 1 aliphatic rings. The molecule has 1 saturated heterocycles. The number of nitrogens with one attached hydrogen (secondary N) is 1. The van der Waals surface area contributed by atoms with Crippen LogP contribution in [0.2, 0.25) is 0 Å². The van der Waals surface area contributed by atoms with Crippen molar-refractivity contribution in [2.45, 2.75) is 13.3 Å². The molecule has 2 rings (SSSR count). The number of anilines is 1. The maximum atomic E-state index is 11.8. The van der Waals surface area contributed by atoms with Crippen molar-refractivity contribution in [3.63, 3.8) is 0 Å². The van der Waals surface area contributed by atoms with E-state index in [0.29, 0.717) is 23.5 Å². The normalized spacial score (nSPS) is 16.8. The van der Waals surface area contributed by atoms with Crippen molar-refractivity contribution in [1.29, 1.82) is 5.26 Å². The largest absolute Gasteiger partial charge is 0.481 e. The van der Waals surface area contributed by atoms with E-state index in [-0.39, 0.29) is 17.7 Å². The van der Waals surface area contributed by atoms with Gasteiger partial charge in [-0.25, -0.2) is 0 Å². The first-order chi connectivity index (χ1) is 10.0. The van der Waals surface area contributed by atoms with Gasteiger partial charge in [-0.1, -0.05) is 6.92 Å². The number of carboxylic acids is 1. The Bertz CT molecular complexity index is 572. The van der Waals surface area contributed by atoms with Crippen LogP contribution in [-0.2, 0) is 9.59 Å². The summed E-state index contributed by atoms with van der Waals surface area (Å²) in [6, 6.07) is 3.70. The smallest absolute Gasteiger partial charge is 0.306 e. The minimum absolute atomic E-state index is 0.122. The highest BCUT2D eigenvalue weighted by Gasteiger charge is 2.34. The highest BCUT2D eigenvalue weighted by atomic mass is 32.1. The Labute approximate surface area is 127 Å². The summed E-state index contributed by atoms with van der Waals surface area (Å²) < 4.78 is 0. The second kappa shape index (κ2) is 6.70. The number of carbonyl (C=O) groups excluding carboxylic acids is 1. The molecule has 7 heteroatoms. The molecule has 0 saturated carbocycles. The van der Waals surface area contributed by atoms with E-state index in [0.717, 1.165) is 13.1 Å². The number of thiophene rings is 1. The molecule has 6 nitrogen and oxygen atoms in total. The number of hydrogen-bond acceptors (Lipinski definition) is 5. The number of rotatable bonds is 6. The van der Waals surface area contributed by atoms with Crippen molar-refractivity contribution >= 4 is 28.2 Å². The molecule has 1 aromatic heterocycles. The Morgan fingerprint density at radius 2 is 2.33 bits per heavy atom. The Morgan fingerprint density at radius 1 is 1.62 bits per heavy atom. The average Bonchev–Trinajstić information content (AvgIpc) is 2.83. The first-order valence-corrected chi connectivity index (χ1v) is 7.62. The number of carboxylic acid groups (broad SMARTS) is 1. The van der Waals surface area contributed by atoms with Crippen LogP contribution in [0.4, 0.5) is 5.00 Å². The molecule has 112 valence electrons. The van der Waals surface area contributed by atoms with Crippen LogP contribution in [-0.4, -0.2) is 41.5 Å². The van der Waals surface area contributed by atoms with Gasteiger partial charge in [-0.15, -0.1) is 11.3 Å². The van der Waals surface area contributed by atoms with Crippen LogP contribution in [0.15, 0.2) is 11.4 Å². The number of carbonyl (C=O) groups is 2. The highest BCUT2D eigenvalue weighted by molar-refractivity contribution is 7.14. The Balaban J connectivity index is 1.70. The summed E-state index contributed by atoms with van der Waals surface area (Å²) in [6.45, 7) is 3.78. The third-order valence-electron chi connectivity index (χ3n) is 3.78. The summed E-state index contributed by atoms with van der Waals surface area (Å²) in [4.78, 5) is 24.7. The molecule has 1 aliphatic heterocycles. The van der Waals surface area contributed by atoms with Crippen LogP contribution < -0.4 is 5.32 Å². The average molecular weight is 307 g/mol. The van der Waals surface area contributed by atoms with Crippen molar-refractivity contribution in [1.82, 2.24) is 4.90 Å². The third-order valence-corrected chi connectivity index (χ3v) is 4.61. The molecule has 1 fully saturated rings. The lowest BCUT2D eigenvalue weighted by Gasteiger charge is -2.41. The van der Waals surface area contributed by atoms with Crippen molar-refractivity contribution in [3.05, 3.63) is 17.0 Å². The van der Waals surface area contributed by atoms with Gasteiger partial charge in [0.15, 0.2) is 0 Å². The second-order valence-electron chi connectivity index (χ2n) is 5.22. The summed E-state index contributed by atoms with van der Waals surface area (Å²) in [7, 11) is 0. The summed E-state index contributed by atoms with van der Waals surface area (Å²) in [5.74, 6) is -1.05. The fraction of sp³-hybridized carbons (Fsp3) is 0.500. The van der Waals surface area contributed by atoms with E-state index in [4.69, 9.17) is 10.4 Å². The van der Waals surface area contributed by atoms with E-state index in [1.54, 1.807) is 18.4 Å². The summed E-state index contributed by atoms with van der Waals surface area (Å²) >= 11 is 1.33. The quantitative estimate of drug-likeness (QED) is 0.832. The fourth-order valence-corrected chi connectivity index (χ4v) is 3.01. The van der Waals surface area contributed by atoms with Gasteiger partial charge in [0.25, 0.3) is 0 Å². The summed E-state index contributed by atoms with van der Waals surface area (Å²) in [5, 5.41) is 22.9. The zero-order valence-corrected chi connectivity index (χ0v) is 12.5. The van der Waals surface area contributed by atoms with Crippen LogP contribution in [0.5, 0.6) is 0 Å². The van der Waals surface area contributed by atoms with E-state index >= 15 is 0 Å². The van der Waals surface area contributed by atoms with E-state index in [1.165, 1.54) is 11.3 Å². The molecule has 1 unspecified atom stereocenters.